The summed E-state index contributed by atoms with van der Waals surface area (Å²) in [6.07, 6.45) is -1.36. The molecule has 1 aliphatic rings. The third kappa shape index (κ3) is 4.05. The fourth-order valence-electron chi connectivity index (χ4n) is 3.63. The van der Waals surface area contributed by atoms with E-state index in [1.807, 2.05) is 6.92 Å². The van der Waals surface area contributed by atoms with Crippen molar-refractivity contribution >= 4 is 29.0 Å². The predicted octanol–water partition coefficient (Wildman–Crippen LogP) is 5.13. The second-order valence-electron chi connectivity index (χ2n) is 7.29. The average molecular weight is 449 g/mol. The van der Waals surface area contributed by atoms with Gasteiger partial charge in [-0.2, -0.15) is 18.3 Å². The number of hydrogen-bond donors (Lipinski definition) is 1. The van der Waals surface area contributed by atoms with Gasteiger partial charge in [0, 0.05) is 6.20 Å². The molecule has 31 heavy (non-hydrogen) atoms. The molecule has 160 valence electrons. The lowest BCUT2D eigenvalue weighted by atomic mass is 9.84. The van der Waals surface area contributed by atoms with Crippen molar-refractivity contribution in [2.45, 2.75) is 31.5 Å². The minimum absolute atomic E-state index is 0.111. The van der Waals surface area contributed by atoms with E-state index in [1.165, 1.54) is 41.3 Å². The van der Waals surface area contributed by atoms with Gasteiger partial charge < -0.3 is 5.32 Å². The SMILES string of the molecule is C[C@H]1CC(c2ccc(C(F)(F)F)cc2)C(=O)c2c(NC(=O)c3ccc(Cl)cn3)cnn21. The second kappa shape index (κ2) is 7.81. The zero-order chi connectivity index (χ0) is 22.3. The Morgan fingerprint density at radius 3 is 2.48 bits per heavy atom. The van der Waals surface area contributed by atoms with Crippen LogP contribution in [0.3, 0.4) is 0 Å². The number of rotatable bonds is 3. The number of halogens is 4. The van der Waals surface area contributed by atoms with Gasteiger partial charge in [-0.25, -0.2) is 4.98 Å². The largest absolute Gasteiger partial charge is 0.416 e. The van der Waals surface area contributed by atoms with Crippen LogP contribution in [0.15, 0.2) is 48.8 Å². The molecule has 1 unspecified atom stereocenters. The average Bonchev–Trinajstić information content (AvgIpc) is 3.15. The minimum atomic E-state index is -4.45. The van der Waals surface area contributed by atoms with E-state index in [-0.39, 0.29) is 28.9 Å². The van der Waals surface area contributed by atoms with Gasteiger partial charge in [-0.05, 0) is 43.2 Å². The molecule has 1 aromatic carbocycles. The van der Waals surface area contributed by atoms with Gasteiger partial charge in [0.15, 0.2) is 5.78 Å². The Hall–Kier alpha value is -3.20. The minimum Gasteiger partial charge on any atom is -0.317 e. The number of alkyl halides is 3. The molecule has 2 aromatic heterocycles. The Bertz CT molecular complexity index is 1140. The van der Waals surface area contributed by atoms with Crippen molar-refractivity contribution in [1.29, 1.82) is 0 Å². The monoisotopic (exact) mass is 448 g/mol. The first-order valence-electron chi connectivity index (χ1n) is 9.37. The Balaban J connectivity index is 1.62. The standard InChI is InChI=1S/C21H16ClF3N4O2/c1-11-8-15(12-2-4-13(5-3-12)21(23,24)25)19(30)18-17(10-27-29(11)18)28-20(31)16-7-6-14(22)9-26-16/h2-7,9-11,15H,8H2,1H3,(H,28,31)/t11-,15?/m0/s1. The van der Waals surface area contributed by atoms with E-state index in [2.05, 4.69) is 15.4 Å². The highest BCUT2D eigenvalue weighted by Gasteiger charge is 2.37. The Labute approximate surface area is 180 Å². The van der Waals surface area contributed by atoms with Crippen molar-refractivity contribution in [3.63, 3.8) is 0 Å². The Morgan fingerprint density at radius 2 is 1.87 bits per heavy atom. The maximum Gasteiger partial charge on any atom is 0.416 e. The van der Waals surface area contributed by atoms with Crippen LogP contribution in [0.5, 0.6) is 0 Å². The molecule has 1 aliphatic heterocycles. The molecule has 4 rings (SSSR count). The molecule has 0 saturated carbocycles. The first-order chi connectivity index (χ1) is 14.6. The number of benzene rings is 1. The first-order valence-corrected chi connectivity index (χ1v) is 9.74. The van der Waals surface area contributed by atoms with E-state index in [1.54, 1.807) is 0 Å². The van der Waals surface area contributed by atoms with E-state index >= 15 is 0 Å². The van der Waals surface area contributed by atoms with Crippen molar-refractivity contribution in [3.05, 3.63) is 76.3 Å². The number of pyridine rings is 1. The Morgan fingerprint density at radius 1 is 1.16 bits per heavy atom. The number of ketones is 1. The summed E-state index contributed by atoms with van der Waals surface area (Å²) >= 11 is 5.78. The summed E-state index contributed by atoms with van der Waals surface area (Å²) in [7, 11) is 0. The van der Waals surface area contributed by atoms with Crippen LogP contribution in [-0.2, 0) is 6.18 Å². The molecule has 0 saturated heterocycles. The van der Waals surface area contributed by atoms with Crippen molar-refractivity contribution in [3.8, 4) is 0 Å². The van der Waals surface area contributed by atoms with Gasteiger partial charge >= 0.3 is 6.18 Å². The van der Waals surface area contributed by atoms with Crippen LogP contribution in [0.2, 0.25) is 5.02 Å². The molecule has 10 heteroatoms. The normalized spacial score (nSPS) is 18.5. The van der Waals surface area contributed by atoms with Crippen LogP contribution in [0.25, 0.3) is 0 Å². The van der Waals surface area contributed by atoms with E-state index in [0.29, 0.717) is 17.0 Å². The molecule has 0 bridgehead atoms. The highest BCUT2D eigenvalue weighted by atomic mass is 35.5. The van der Waals surface area contributed by atoms with Gasteiger partial charge in [0.1, 0.15) is 11.4 Å². The molecule has 0 radical (unpaired) electrons. The number of anilines is 1. The molecule has 3 heterocycles. The number of nitrogens with one attached hydrogen (secondary N) is 1. The quantitative estimate of drug-likeness (QED) is 0.602. The maximum absolute atomic E-state index is 13.2. The summed E-state index contributed by atoms with van der Waals surface area (Å²) < 4.78 is 40.1. The molecular weight excluding hydrogens is 433 g/mol. The third-order valence-electron chi connectivity index (χ3n) is 5.19. The van der Waals surface area contributed by atoms with Crippen LogP contribution < -0.4 is 5.32 Å². The van der Waals surface area contributed by atoms with Gasteiger partial charge in [-0.3, -0.25) is 14.3 Å². The number of hydrogen-bond acceptors (Lipinski definition) is 4. The first kappa shape index (κ1) is 21.0. The molecule has 0 spiro atoms. The third-order valence-corrected chi connectivity index (χ3v) is 5.41. The highest BCUT2D eigenvalue weighted by Crippen LogP contribution is 2.39. The van der Waals surface area contributed by atoms with Crippen LogP contribution in [0.1, 0.15) is 57.4 Å². The van der Waals surface area contributed by atoms with Crippen molar-refractivity contribution in [1.82, 2.24) is 14.8 Å². The van der Waals surface area contributed by atoms with E-state index in [4.69, 9.17) is 11.6 Å². The summed E-state index contributed by atoms with van der Waals surface area (Å²) in [5.41, 5.74) is 0.232. The maximum atomic E-state index is 13.2. The fourth-order valence-corrected chi connectivity index (χ4v) is 3.75. The van der Waals surface area contributed by atoms with Gasteiger partial charge in [-0.15, -0.1) is 0 Å². The number of nitrogens with zero attached hydrogens (tertiary/aromatic N) is 3. The van der Waals surface area contributed by atoms with E-state index < -0.39 is 23.6 Å². The molecule has 2 atom stereocenters. The number of aromatic nitrogens is 3. The molecule has 1 amide bonds. The summed E-state index contributed by atoms with van der Waals surface area (Å²) in [5, 5.41) is 7.23. The number of Topliss-reactive ketones (excluding diaryl/α,β-unsaturated/α-hetero) is 1. The molecule has 0 fully saturated rings. The molecule has 1 N–H and O–H groups in total. The summed E-state index contributed by atoms with van der Waals surface area (Å²) in [6.45, 7) is 1.85. The lowest BCUT2D eigenvalue weighted by Crippen LogP contribution is -2.29. The number of amides is 1. The zero-order valence-corrected chi connectivity index (χ0v) is 16.9. The number of carbonyl (C=O) groups is 2. The summed E-state index contributed by atoms with van der Waals surface area (Å²) in [5.74, 6) is -1.51. The second-order valence-corrected chi connectivity index (χ2v) is 7.72. The van der Waals surface area contributed by atoms with E-state index in [0.717, 1.165) is 12.1 Å². The van der Waals surface area contributed by atoms with Crippen LogP contribution in [-0.4, -0.2) is 26.5 Å². The molecule has 3 aromatic rings. The fraction of sp³-hybridized carbons (Fsp3) is 0.238. The summed E-state index contributed by atoms with van der Waals surface area (Å²) in [4.78, 5) is 29.7. The highest BCUT2D eigenvalue weighted by molar-refractivity contribution is 6.30. The van der Waals surface area contributed by atoms with Crippen LogP contribution >= 0.6 is 11.6 Å². The topological polar surface area (TPSA) is 76.9 Å². The van der Waals surface area contributed by atoms with Crippen molar-refractivity contribution in [2.24, 2.45) is 0 Å². The lowest BCUT2D eigenvalue weighted by molar-refractivity contribution is -0.137. The number of fused-ring (bicyclic) bond motifs is 1. The lowest BCUT2D eigenvalue weighted by Gasteiger charge is -2.28. The van der Waals surface area contributed by atoms with Crippen LogP contribution in [0, 0.1) is 0 Å². The summed E-state index contributed by atoms with van der Waals surface area (Å²) in [6, 6.07) is 7.34. The Kier molecular flexibility index (Phi) is 5.30. The van der Waals surface area contributed by atoms with E-state index in [9.17, 15) is 22.8 Å². The smallest absolute Gasteiger partial charge is 0.317 e. The van der Waals surface area contributed by atoms with Gasteiger partial charge in [0.2, 0.25) is 0 Å². The number of carbonyl (C=O) groups excluding carboxylic acids is 2. The zero-order valence-electron chi connectivity index (χ0n) is 16.2. The molecular formula is C21H16ClF3N4O2. The van der Waals surface area contributed by atoms with Crippen LogP contribution in [0.4, 0.5) is 18.9 Å². The van der Waals surface area contributed by atoms with Crippen molar-refractivity contribution < 1.29 is 22.8 Å². The van der Waals surface area contributed by atoms with Gasteiger partial charge in [0.25, 0.3) is 5.91 Å². The van der Waals surface area contributed by atoms with Gasteiger partial charge in [0.05, 0.1) is 34.4 Å². The molecule has 6 nitrogen and oxygen atoms in total. The van der Waals surface area contributed by atoms with Gasteiger partial charge in [-0.1, -0.05) is 23.7 Å². The predicted molar refractivity (Wildman–Crippen MR) is 107 cm³/mol. The van der Waals surface area contributed by atoms with Crippen molar-refractivity contribution in [2.75, 3.05) is 5.32 Å². The molecule has 0 aliphatic carbocycles.